The van der Waals surface area contributed by atoms with Gasteiger partial charge in [-0.05, 0) is 0 Å². The number of aromatic nitrogens is 3. The number of alkyl halides is 2. The lowest BCUT2D eigenvalue weighted by atomic mass is 10.6. The Morgan fingerprint density at radius 1 is 0.889 bits per heavy atom. The van der Waals surface area contributed by atoms with Crippen LogP contribution in [0, 0.1) is 4.91 Å². The molecular formula is C14H27Cl2N9O2. The van der Waals surface area contributed by atoms with E-state index in [1.54, 1.807) is 0 Å². The van der Waals surface area contributed by atoms with E-state index in [9.17, 15) is 9.70 Å². The van der Waals surface area contributed by atoms with Gasteiger partial charge in [-0.25, -0.2) is 4.79 Å². The number of halogens is 2. The minimum atomic E-state index is -0.578. The summed E-state index contributed by atoms with van der Waals surface area (Å²) >= 11 is 10.6. The standard InChI is InChI=1S/C9H18N6.C5H9Cl2N3O2/c1-13(2)7-10-8(14(3)4)12-9(11-7)15(5)6;6-1-3-8-5(11)10(9-12)4-2-7/h1-6H3;1-4H2,(H,8,11). The zero-order chi connectivity index (χ0) is 21.0. The number of amides is 2. The predicted octanol–water partition coefficient (Wildman–Crippen LogP) is 1.23. The van der Waals surface area contributed by atoms with E-state index in [1.807, 2.05) is 57.0 Å². The second kappa shape index (κ2) is 13.1. The van der Waals surface area contributed by atoms with E-state index in [4.69, 9.17) is 23.2 Å². The quantitative estimate of drug-likeness (QED) is 0.377. The molecule has 0 aliphatic heterocycles. The van der Waals surface area contributed by atoms with Gasteiger partial charge in [-0.2, -0.15) is 20.0 Å². The van der Waals surface area contributed by atoms with Gasteiger partial charge < -0.3 is 20.0 Å². The van der Waals surface area contributed by atoms with Crippen molar-refractivity contribution in [2.75, 3.05) is 81.8 Å². The molecule has 0 bridgehead atoms. The lowest BCUT2D eigenvalue weighted by Crippen LogP contribution is -2.38. The molecule has 0 saturated carbocycles. The largest absolute Gasteiger partial charge is 0.347 e. The number of rotatable bonds is 8. The normalized spacial score (nSPS) is 9.63. The highest BCUT2D eigenvalue weighted by Gasteiger charge is 2.11. The SMILES string of the molecule is CN(C)c1nc(N(C)C)nc(N(C)C)n1.O=NN(CCCl)C(=O)NCCCl. The number of hydrogen-bond donors (Lipinski definition) is 1. The highest BCUT2D eigenvalue weighted by atomic mass is 35.5. The van der Waals surface area contributed by atoms with Gasteiger partial charge in [0.1, 0.15) is 0 Å². The van der Waals surface area contributed by atoms with Crippen molar-refractivity contribution in [1.29, 1.82) is 0 Å². The van der Waals surface area contributed by atoms with Gasteiger partial charge in [-0.3, -0.25) is 0 Å². The number of hydrogen-bond acceptors (Lipinski definition) is 9. The van der Waals surface area contributed by atoms with Gasteiger partial charge in [0.15, 0.2) is 0 Å². The molecule has 1 N–H and O–H groups in total. The van der Waals surface area contributed by atoms with Gasteiger partial charge in [0.25, 0.3) is 0 Å². The topological polar surface area (TPSA) is 110 Å². The number of urea groups is 1. The zero-order valence-corrected chi connectivity index (χ0v) is 18.0. The minimum Gasteiger partial charge on any atom is -0.347 e. The molecule has 0 aliphatic carbocycles. The van der Waals surface area contributed by atoms with Crippen LogP contribution in [0.1, 0.15) is 0 Å². The molecule has 0 aliphatic rings. The summed E-state index contributed by atoms with van der Waals surface area (Å²) in [6.07, 6.45) is 0. The van der Waals surface area contributed by atoms with Crippen molar-refractivity contribution in [2.45, 2.75) is 0 Å². The molecule has 27 heavy (non-hydrogen) atoms. The first kappa shape index (κ1) is 24.9. The van der Waals surface area contributed by atoms with Crippen molar-refractivity contribution < 1.29 is 4.79 Å². The summed E-state index contributed by atoms with van der Waals surface area (Å²) in [6.45, 7) is 0.397. The van der Waals surface area contributed by atoms with Crippen LogP contribution in [0.2, 0.25) is 0 Å². The zero-order valence-electron chi connectivity index (χ0n) is 16.5. The molecule has 0 spiro atoms. The van der Waals surface area contributed by atoms with Crippen molar-refractivity contribution in [2.24, 2.45) is 5.29 Å². The van der Waals surface area contributed by atoms with Crippen LogP contribution < -0.4 is 20.0 Å². The summed E-state index contributed by atoms with van der Waals surface area (Å²) in [5, 5.41) is 5.55. The maximum atomic E-state index is 10.9. The average molecular weight is 424 g/mol. The number of nitrogens with zero attached hydrogens (tertiary/aromatic N) is 8. The summed E-state index contributed by atoms with van der Waals surface area (Å²) < 4.78 is 0. The first-order chi connectivity index (χ1) is 12.7. The second-order valence-corrected chi connectivity index (χ2v) is 6.49. The molecule has 0 atom stereocenters. The minimum absolute atomic E-state index is 0.0964. The van der Waals surface area contributed by atoms with Gasteiger partial charge in [0.2, 0.25) is 17.8 Å². The van der Waals surface area contributed by atoms with Crippen LogP contribution in [0.15, 0.2) is 5.29 Å². The third-order valence-electron chi connectivity index (χ3n) is 2.80. The first-order valence-electron chi connectivity index (χ1n) is 7.96. The van der Waals surface area contributed by atoms with Crippen molar-refractivity contribution >= 4 is 47.1 Å². The lowest BCUT2D eigenvalue weighted by molar-refractivity contribution is 0.203. The van der Waals surface area contributed by atoms with E-state index in [1.165, 1.54) is 0 Å². The van der Waals surface area contributed by atoms with E-state index in [2.05, 4.69) is 25.6 Å². The fourth-order valence-electron chi connectivity index (χ4n) is 1.45. The predicted molar refractivity (Wildman–Crippen MR) is 110 cm³/mol. The molecular weight excluding hydrogens is 397 g/mol. The maximum absolute atomic E-state index is 10.9. The van der Waals surface area contributed by atoms with Gasteiger partial charge in [-0.15, -0.1) is 28.1 Å². The molecule has 1 aromatic rings. The summed E-state index contributed by atoms with van der Waals surface area (Å²) in [4.78, 5) is 39.5. The van der Waals surface area contributed by atoms with E-state index in [0.29, 0.717) is 35.3 Å². The van der Waals surface area contributed by atoms with Crippen molar-refractivity contribution in [3.8, 4) is 0 Å². The van der Waals surface area contributed by atoms with Crippen LogP contribution in [-0.4, -0.2) is 93.1 Å². The molecule has 13 heteroatoms. The van der Waals surface area contributed by atoms with E-state index >= 15 is 0 Å². The summed E-state index contributed by atoms with van der Waals surface area (Å²) in [5.74, 6) is 2.45. The van der Waals surface area contributed by atoms with Crippen LogP contribution in [-0.2, 0) is 0 Å². The van der Waals surface area contributed by atoms with Crippen molar-refractivity contribution in [1.82, 2.24) is 25.3 Å². The summed E-state index contributed by atoms with van der Waals surface area (Å²) in [7, 11) is 11.5. The van der Waals surface area contributed by atoms with Crippen LogP contribution in [0.3, 0.4) is 0 Å². The molecule has 0 saturated heterocycles. The Kier molecular flexibility index (Phi) is 12.1. The summed E-state index contributed by atoms with van der Waals surface area (Å²) in [5.41, 5.74) is 0. The number of carbonyl (C=O) groups excluding carboxylic acids is 1. The third-order valence-corrected chi connectivity index (χ3v) is 3.16. The molecule has 1 rings (SSSR count). The van der Waals surface area contributed by atoms with Crippen LogP contribution in [0.4, 0.5) is 22.6 Å². The third kappa shape index (κ3) is 9.38. The number of anilines is 3. The number of nitrogens with one attached hydrogen (secondary N) is 1. The average Bonchev–Trinajstić information content (AvgIpc) is 2.64. The van der Waals surface area contributed by atoms with Crippen LogP contribution in [0.25, 0.3) is 0 Å². The van der Waals surface area contributed by atoms with Crippen molar-refractivity contribution in [3.05, 3.63) is 4.91 Å². The number of carbonyl (C=O) groups is 1. The molecule has 0 radical (unpaired) electrons. The van der Waals surface area contributed by atoms with E-state index < -0.39 is 6.03 Å². The fraction of sp³-hybridized carbons (Fsp3) is 0.714. The molecule has 1 heterocycles. The van der Waals surface area contributed by atoms with Crippen molar-refractivity contribution in [3.63, 3.8) is 0 Å². The first-order valence-corrected chi connectivity index (χ1v) is 9.03. The lowest BCUT2D eigenvalue weighted by Gasteiger charge is -2.18. The Bertz CT molecular complexity index is 523. The van der Waals surface area contributed by atoms with Gasteiger partial charge >= 0.3 is 6.03 Å². The van der Waals surface area contributed by atoms with Crippen LogP contribution >= 0.6 is 23.2 Å². The fourth-order valence-corrected chi connectivity index (χ4v) is 1.70. The monoisotopic (exact) mass is 423 g/mol. The maximum Gasteiger partial charge on any atom is 0.340 e. The van der Waals surface area contributed by atoms with Gasteiger partial charge in [0.05, 0.1) is 11.8 Å². The summed E-state index contributed by atoms with van der Waals surface area (Å²) in [6, 6.07) is -0.578. The molecule has 1 aromatic heterocycles. The Hall–Kier alpha value is -2.14. The van der Waals surface area contributed by atoms with Gasteiger partial charge in [0, 0.05) is 60.6 Å². The molecule has 2 amide bonds. The Morgan fingerprint density at radius 3 is 1.56 bits per heavy atom. The molecule has 154 valence electrons. The molecule has 0 aromatic carbocycles. The molecule has 11 nitrogen and oxygen atoms in total. The van der Waals surface area contributed by atoms with Gasteiger partial charge in [-0.1, -0.05) is 0 Å². The highest BCUT2D eigenvalue weighted by molar-refractivity contribution is 6.18. The Labute approximate surface area is 169 Å². The second-order valence-electron chi connectivity index (χ2n) is 5.73. The van der Waals surface area contributed by atoms with E-state index in [-0.39, 0.29) is 12.4 Å². The van der Waals surface area contributed by atoms with E-state index in [0.717, 1.165) is 0 Å². The number of nitroso groups, excluding NO2 is 1. The van der Waals surface area contributed by atoms with Crippen LogP contribution in [0.5, 0.6) is 0 Å². The molecule has 0 unspecified atom stereocenters. The Morgan fingerprint density at radius 2 is 1.30 bits per heavy atom. The Balaban J connectivity index is 0.000000516. The smallest absolute Gasteiger partial charge is 0.340 e. The highest BCUT2D eigenvalue weighted by Crippen LogP contribution is 2.14. The molecule has 0 fully saturated rings.